The average molecular weight is 303 g/mol. The van der Waals surface area contributed by atoms with Crippen LogP contribution in [0.25, 0.3) is 11.4 Å². The van der Waals surface area contributed by atoms with Crippen LogP contribution in [-0.4, -0.2) is 35.8 Å². The Morgan fingerprint density at radius 2 is 2.09 bits per heavy atom. The summed E-state index contributed by atoms with van der Waals surface area (Å²) in [5, 5.41) is 6.79. The highest BCUT2D eigenvalue weighted by Crippen LogP contribution is 2.16. The zero-order valence-corrected chi connectivity index (χ0v) is 13.1. The van der Waals surface area contributed by atoms with E-state index in [2.05, 4.69) is 15.5 Å². The molecule has 0 fully saturated rings. The normalized spacial score (nSPS) is 12.1. The van der Waals surface area contributed by atoms with E-state index in [1.165, 1.54) is 5.56 Å². The summed E-state index contributed by atoms with van der Waals surface area (Å²) in [6.07, 6.45) is 0.730. The first-order valence-corrected chi connectivity index (χ1v) is 7.26. The first kappa shape index (κ1) is 16.2. The smallest absolute Gasteiger partial charge is 0.227 e. The minimum atomic E-state index is -0.0559. The first-order valence-electron chi connectivity index (χ1n) is 7.26. The quantitative estimate of drug-likeness (QED) is 0.848. The van der Waals surface area contributed by atoms with Crippen molar-refractivity contribution in [2.45, 2.75) is 32.7 Å². The van der Waals surface area contributed by atoms with Gasteiger partial charge in [-0.3, -0.25) is 4.79 Å². The topological polar surface area (TPSA) is 77.2 Å². The van der Waals surface area contributed by atoms with Crippen molar-refractivity contribution in [3.8, 4) is 11.4 Å². The van der Waals surface area contributed by atoms with Crippen LogP contribution in [-0.2, 0) is 16.0 Å². The number of methoxy groups -OCH3 is 1. The molecule has 0 aliphatic heterocycles. The molecule has 1 aromatic carbocycles. The van der Waals surface area contributed by atoms with Gasteiger partial charge in [-0.15, -0.1) is 0 Å². The Balaban J connectivity index is 1.87. The Kier molecular flexibility index (Phi) is 5.66. The number of nitrogens with one attached hydrogen (secondary N) is 1. The molecule has 1 aromatic heterocycles. The maximum atomic E-state index is 11.8. The van der Waals surface area contributed by atoms with E-state index in [0.29, 0.717) is 31.2 Å². The van der Waals surface area contributed by atoms with Crippen LogP contribution >= 0.6 is 0 Å². The van der Waals surface area contributed by atoms with E-state index < -0.39 is 0 Å². The Hall–Kier alpha value is -2.21. The second kappa shape index (κ2) is 7.70. The van der Waals surface area contributed by atoms with Crippen LogP contribution in [0, 0.1) is 6.92 Å². The van der Waals surface area contributed by atoms with Crippen LogP contribution in [0.15, 0.2) is 28.8 Å². The molecule has 0 saturated heterocycles. The first-order chi connectivity index (χ1) is 10.6. The van der Waals surface area contributed by atoms with Crippen LogP contribution in [0.2, 0.25) is 0 Å². The van der Waals surface area contributed by atoms with Gasteiger partial charge in [0.25, 0.3) is 0 Å². The van der Waals surface area contributed by atoms with Crippen molar-refractivity contribution in [3.63, 3.8) is 0 Å². The summed E-state index contributed by atoms with van der Waals surface area (Å²) in [6.45, 7) is 4.40. The highest BCUT2D eigenvalue weighted by atomic mass is 16.5. The van der Waals surface area contributed by atoms with Crippen molar-refractivity contribution in [1.29, 1.82) is 0 Å². The van der Waals surface area contributed by atoms with Gasteiger partial charge in [-0.1, -0.05) is 35.0 Å². The highest BCUT2D eigenvalue weighted by Gasteiger charge is 2.12. The summed E-state index contributed by atoms with van der Waals surface area (Å²) in [7, 11) is 1.60. The molecule has 0 unspecified atom stereocenters. The van der Waals surface area contributed by atoms with E-state index in [0.717, 1.165) is 5.56 Å². The van der Waals surface area contributed by atoms with Gasteiger partial charge in [0.05, 0.1) is 6.61 Å². The molecule has 6 heteroatoms. The third kappa shape index (κ3) is 4.66. The maximum absolute atomic E-state index is 11.8. The maximum Gasteiger partial charge on any atom is 0.227 e. The molecular formula is C16H21N3O3. The van der Waals surface area contributed by atoms with Crippen molar-refractivity contribution in [1.82, 2.24) is 15.5 Å². The summed E-state index contributed by atoms with van der Waals surface area (Å²) in [5.74, 6) is 0.952. The average Bonchev–Trinajstić information content (AvgIpc) is 2.95. The summed E-state index contributed by atoms with van der Waals surface area (Å²) >= 11 is 0. The summed E-state index contributed by atoms with van der Waals surface area (Å²) in [6, 6.07) is 7.88. The molecule has 0 spiro atoms. The molecule has 1 amide bonds. The molecule has 6 nitrogen and oxygen atoms in total. The van der Waals surface area contributed by atoms with Crippen molar-refractivity contribution in [3.05, 3.63) is 35.7 Å². The molecule has 1 atom stereocenters. The molecule has 1 N–H and O–H groups in total. The van der Waals surface area contributed by atoms with Gasteiger partial charge < -0.3 is 14.6 Å². The molecule has 0 bridgehead atoms. The fourth-order valence-electron chi connectivity index (χ4n) is 2.04. The standard InChI is InChI=1S/C16H21N3O3/c1-11-4-6-13(7-5-11)16-18-15(22-19-16)9-8-14(20)17-12(2)10-21-3/h4-7,12H,8-10H2,1-3H3,(H,17,20)/t12-/m1/s1. The number of benzene rings is 1. The number of hydrogen-bond acceptors (Lipinski definition) is 5. The number of amides is 1. The second-order valence-electron chi connectivity index (χ2n) is 5.30. The molecule has 118 valence electrons. The minimum absolute atomic E-state index is 0.0108. The van der Waals surface area contributed by atoms with Gasteiger partial charge >= 0.3 is 0 Å². The number of hydrogen-bond donors (Lipinski definition) is 1. The van der Waals surface area contributed by atoms with E-state index in [1.807, 2.05) is 38.1 Å². The predicted molar refractivity (Wildman–Crippen MR) is 82.3 cm³/mol. The number of carbonyl (C=O) groups is 1. The van der Waals surface area contributed by atoms with Gasteiger partial charge in [0.2, 0.25) is 17.6 Å². The number of rotatable bonds is 7. The molecule has 0 aliphatic carbocycles. The highest BCUT2D eigenvalue weighted by molar-refractivity contribution is 5.76. The Morgan fingerprint density at radius 3 is 2.77 bits per heavy atom. The zero-order chi connectivity index (χ0) is 15.9. The monoisotopic (exact) mass is 303 g/mol. The van der Waals surface area contributed by atoms with Crippen molar-refractivity contribution in [2.75, 3.05) is 13.7 Å². The Morgan fingerprint density at radius 1 is 1.36 bits per heavy atom. The van der Waals surface area contributed by atoms with Gasteiger partial charge in [-0.25, -0.2) is 0 Å². The van der Waals surface area contributed by atoms with E-state index >= 15 is 0 Å². The van der Waals surface area contributed by atoms with Crippen LogP contribution in [0.5, 0.6) is 0 Å². The third-order valence-corrected chi connectivity index (χ3v) is 3.17. The molecule has 0 aliphatic rings. The fraction of sp³-hybridized carbons (Fsp3) is 0.438. The molecule has 0 radical (unpaired) electrons. The molecule has 2 rings (SSSR count). The van der Waals surface area contributed by atoms with E-state index in [4.69, 9.17) is 9.26 Å². The van der Waals surface area contributed by atoms with Crippen LogP contribution in [0.1, 0.15) is 24.8 Å². The number of carbonyl (C=O) groups excluding carboxylic acids is 1. The van der Waals surface area contributed by atoms with Crippen LogP contribution < -0.4 is 5.32 Å². The molecule has 0 saturated carbocycles. The predicted octanol–water partition coefficient (Wildman–Crippen LogP) is 2.13. The summed E-state index contributed by atoms with van der Waals surface area (Å²) in [5.41, 5.74) is 2.08. The van der Waals surface area contributed by atoms with Crippen molar-refractivity contribution < 1.29 is 14.1 Å². The largest absolute Gasteiger partial charge is 0.383 e. The van der Waals surface area contributed by atoms with Crippen LogP contribution in [0.3, 0.4) is 0 Å². The van der Waals surface area contributed by atoms with Gasteiger partial charge in [0.15, 0.2) is 0 Å². The van der Waals surface area contributed by atoms with Gasteiger partial charge in [-0.2, -0.15) is 4.98 Å². The van der Waals surface area contributed by atoms with E-state index in [-0.39, 0.29) is 11.9 Å². The lowest BCUT2D eigenvalue weighted by Crippen LogP contribution is -2.35. The molecular weight excluding hydrogens is 282 g/mol. The lowest BCUT2D eigenvalue weighted by molar-refractivity contribution is -0.122. The summed E-state index contributed by atoms with van der Waals surface area (Å²) in [4.78, 5) is 16.1. The number of ether oxygens (including phenoxy) is 1. The van der Waals surface area contributed by atoms with Crippen LogP contribution in [0.4, 0.5) is 0 Å². The molecule has 2 aromatic rings. The zero-order valence-electron chi connectivity index (χ0n) is 13.1. The second-order valence-corrected chi connectivity index (χ2v) is 5.30. The number of aromatic nitrogens is 2. The lowest BCUT2D eigenvalue weighted by Gasteiger charge is -2.11. The van der Waals surface area contributed by atoms with Gasteiger partial charge in [0, 0.05) is 31.6 Å². The Labute approximate surface area is 129 Å². The third-order valence-electron chi connectivity index (χ3n) is 3.17. The van der Waals surface area contributed by atoms with E-state index in [1.54, 1.807) is 7.11 Å². The van der Waals surface area contributed by atoms with E-state index in [9.17, 15) is 4.79 Å². The molecule has 22 heavy (non-hydrogen) atoms. The Bertz CT molecular complexity index is 607. The SMILES string of the molecule is COC[C@@H](C)NC(=O)CCc1nc(-c2ccc(C)cc2)no1. The summed E-state index contributed by atoms with van der Waals surface area (Å²) < 4.78 is 10.2. The van der Waals surface area contributed by atoms with Crippen molar-refractivity contribution in [2.24, 2.45) is 0 Å². The molecule has 1 heterocycles. The number of nitrogens with zero attached hydrogens (tertiary/aromatic N) is 2. The minimum Gasteiger partial charge on any atom is -0.383 e. The lowest BCUT2D eigenvalue weighted by atomic mass is 10.1. The van der Waals surface area contributed by atoms with Crippen molar-refractivity contribution >= 4 is 5.91 Å². The fourth-order valence-corrected chi connectivity index (χ4v) is 2.04. The number of aryl methyl sites for hydroxylation is 2. The van der Waals surface area contributed by atoms with Gasteiger partial charge in [-0.05, 0) is 13.8 Å². The van der Waals surface area contributed by atoms with Gasteiger partial charge in [0.1, 0.15) is 0 Å².